The maximum Gasteiger partial charge on any atom is 0.325 e. The van der Waals surface area contributed by atoms with E-state index < -0.39 is 11.6 Å². The molecule has 1 aliphatic carbocycles. The molecule has 1 aliphatic heterocycles. The first-order valence-corrected chi connectivity index (χ1v) is 8.89. The number of hydrogen-bond acceptors (Lipinski definition) is 3. The van der Waals surface area contributed by atoms with Gasteiger partial charge in [-0.15, -0.1) is 0 Å². The van der Waals surface area contributed by atoms with Gasteiger partial charge in [0.15, 0.2) is 0 Å². The third-order valence-corrected chi connectivity index (χ3v) is 5.38. The van der Waals surface area contributed by atoms with Crippen LogP contribution in [0.5, 0.6) is 0 Å². The van der Waals surface area contributed by atoms with Gasteiger partial charge in [0, 0.05) is 6.54 Å². The number of nitrogens with zero attached hydrogens (tertiary/aromatic N) is 1. The summed E-state index contributed by atoms with van der Waals surface area (Å²) in [5.41, 5.74) is 1.29. The Labute approximate surface area is 148 Å². The molecular formula is C19H25N3O3. The van der Waals surface area contributed by atoms with Crippen molar-refractivity contribution in [3.63, 3.8) is 0 Å². The molecule has 25 heavy (non-hydrogen) atoms. The van der Waals surface area contributed by atoms with Crippen molar-refractivity contribution in [2.45, 2.75) is 51.6 Å². The van der Waals surface area contributed by atoms with Crippen molar-refractivity contribution in [3.8, 4) is 0 Å². The quantitative estimate of drug-likeness (QED) is 0.822. The molecule has 134 valence electrons. The van der Waals surface area contributed by atoms with Gasteiger partial charge in [-0.05, 0) is 31.2 Å². The van der Waals surface area contributed by atoms with E-state index in [1.807, 2.05) is 38.1 Å². The first-order valence-electron chi connectivity index (χ1n) is 8.89. The number of amides is 4. The molecule has 0 bridgehead atoms. The van der Waals surface area contributed by atoms with Crippen molar-refractivity contribution >= 4 is 17.8 Å². The van der Waals surface area contributed by atoms with Crippen molar-refractivity contribution in [1.29, 1.82) is 0 Å². The van der Waals surface area contributed by atoms with Crippen LogP contribution in [-0.2, 0) is 16.1 Å². The average molecular weight is 343 g/mol. The van der Waals surface area contributed by atoms with Crippen molar-refractivity contribution in [2.75, 3.05) is 6.54 Å². The van der Waals surface area contributed by atoms with Crippen LogP contribution in [0.4, 0.5) is 4.79 Å². The highest BCUT2D eigenvalue weighted by Gasteiger charge is 2.55. The monoisotopic (exact) mass is 343 g/mol. The smallest absolute Gasteiger partial charge is 0.325 e. The van der Waals surface area contributed by atoms with E-state index in [0.29, 0.717) is 13.0 Å². The Bertz CT molecular complexity index is 703. The molecule has 4 amide bonds. The lowest BCUT2D eigenvalue weighted by molar-refractivity contribution is -0.137. The Morgan fingerprint density at radius 3 is 2.88 bits per heavy atom. The van der Waals surface area contributed by atoms with E-state index in [1.54, 1.807) is 0 Å². The molecule has 0 radical (unpaired) electrons. The lowest BCUT2D eigenvalue weighted by atomic mass is 9.73. The highest BCUT2D eigenvalue weighted by atomic mass is 16.2. The molecule has 1 heterocycles. The van der Waals surface area contributed by atoms with E-state index in [0.717, 1.165) is 35.3 Å². The van der Waals surface area contributed by atoms with Gasteiger partial charge in [-0.25, -0.2) is 4.79 Å². The molecule has 1 aromatic rings. The van der Waals surface area contributed by atoms with Gasteiger partial charge >= 0.3 is 6.03 Å². The second-order valence-corrected chi connectivity index (χ2v) is 7.21. The molecule has 6 nitrogen and oxygen atoms in total. The minimum absolute atomic E-state index is 0.0954. The van der Waals surface area contributed by atoms with Gasteiger partial charge in [0.05, 0.1) is 0 Å². The topological polar surface area (TPSA) is 78.5 Å². The molecule has 1 saturated heterocycles. The fraction of sp³-hybridized carbons (Fsp3) is 0.526. The minimum atomic E-state index is -0.813. The summed E-state index contributed by atoms with van der Waals surface area (Å²) in [4.78, 5) is 38.4. The van der Waals surface area contributed by atoms with Gasteiger partial charge in [0.2, 0.25) is 5.91 Å². The Morgan fingerprint density at radius 1 is 1.36 bits per heavy atom. The SMILES string of the molecule is Cc1cccc(CNC(=O)CN2C(=O)NC3(CCCCC3C)C2=O)c1. The van der Waals surface area contributed by atoms with E-state index in [4.69, 9.17) is 0 Å². The van der Waals surface area contributed by atoms with E-state index in [1.165, 1.54) is 0 Å². The fourth-order valence-electron chi connectivity index (χ4n) is 3.86. The van der Waals surface area contributed by atoms with Gasteiger partial charge in [-0.3, -0.25) is 14.5 Å². The van der Waals surface area contributed by atoms with Crippen molar-refractivity contribution in [2.24, 2.45) is 5.92 Å². The Morgan fingerprint density at radius 2 is 2.16 bits per heavy atom. The highest BCUT2D eigenvalue weighted by molar-refractivity contribution is 6.09. The first-order chi connectivity index (χ1) is 11.9. The summed E-state index contributed by atoms with van der Waals surface area (Å²) >= 11 is 0. The summed E-state index contributed by atoms with van der Waals surface area (Å²) in [6.45, 7) is 4.14. The predicted molar refractivity (Wildman–Crippen MR) is 93.6 cm³/mol. The molecule has 2 unspecified atom stereocenters. The Balaban J connectivity index is 1.61. The summed E-state index contributed by atoms with van der Waals surface area (Å²) < 4.78 is 0. The van der Waals surface area contributed by atoms with Gasteiger partial charge in [-0.1, -0.05) is 49.6 Å². The van der Waals surface area contributed by atoms with E-state index in [9.17, 15) is 14.4 Å². The molecule has 1 spiro atoms. The second-order valence-electron chi connectivity index (χ2n) is 7.21. The van der Waals surface area contributed by atoms with Gasteiger partial charge < -0.3 is 10.6 Å². The average Bonchev–Trinajstić information content (AvgIpc) is 2.81. The van der Waals surface area contributed by atoms with Crippen molar-refractivity contribution in [3.05, 3.63) is 35.4 Å². The van der Waals surface area contributed by atoms with Crippen LogP contribution in [0.25, 0.3) is 0 Å². The van der Waals surface area contributed by atoms with Gasteiger partial charge in [-0.2, -0.15) is 0 Å². The van der Waals surface area contributed by atoms with Crippen LogP contribution < -0.4 is 10.6 Å². The summed E-state index contributed by atoms with van der Waals surface area (Å²) in [7, 11) is 0. The molecule has 2 N–H and O–H groups in total. The van der Waals surface area contributed by atoms with Crippen LogP contribution in [0.15, 0.2) is 24.3 Å². The summed E-state index contributed by atoms with van der Waals surface area (Å²) in [5.74, 6) is -0.487. The van der Waals surface area contributed by atoms with Crippen LogP contribution >= 0.6 is 0 Å². The van der Waals surface area contributed by atoms with Crippen molar-refractivity contribution in [1.82, 2.24) is 15.5 Å². The number of benzene rings is 1. The number of carbonyl (C=O) groups excluding carboxylic acids is 3. The van der Waals surface area contributed by atoms with Crippen molar-refractivity contribution < 1.29 is 14.4 Å². The largest absolute Gasteiger partial charge is 0.350 e. The molecule has 2 fully saturated rings. The van der Waals surface area contributed by atoms with Crippen LogP contribution in [0.1, 0.15) is 43.7 Å². The van der Waals surface area contributed by atoms with Gasteiger partial charge in [0.25, 0.3) is 5.91 Å². The normalized spacial score (nSPS) is 26.0. The number of nitrogens with one attached hydrogen (secondary N) is 2. The molecule has 1 saturated carbocycles. The molecule has 1 aromatic carbocycles. The second kappa shape index (κ2) is 6.86. The lowest BCUT2D eigenvalue weighted by Crippen LogP contribution is -2.54. The van der Waals surface area contributed by atoms with Crippen LogP contribution in [0.3, 0.4) is 0 Å². The summed E-state index contributed by atoms with van der Waals surface area (Å²) in [5, 5.41) is 5.65. The summed E-state index contributed by atoms with van der Waals surface area (Å²) in [6.07, 6.45) is 3.56. The number of carbonyl (C=O) groups is 3. The van der Waals surface area contributed by atoms with Gasteiger partial charge in [0.1, 0.15) is 12.1 Å². The number of hydrogen-bond donors (Lipinski definition) is 2. The molecular weight excluding hydrogens is 318 g/mol. The van der Waals surface area contributed by atoms with E-state index in [-0.39, 0.29) is 24.3 Å². The first kappa shape index (κ1) is 17.5. The number of imide groups is 1. The zero-order valence-electron chi connectivity index (χ0n) is 14.8. The number of rotatable bonds is 4. The Hall–Kier alpha value is -2.37. The zero-order valence-corrected chi connectivity index (χ0v) is 14.8. The molecule has 0 aromatic heterocycles. The third-order valence-electron chi connectivity index (χ3n) is 5.38. The number of urea groups is 1. The fourth-order valence-corrected chi connectivity index (χ4v) is 3.86. The minimum Gasteiger partial charge on any atom is -0.350 e. The van der Waals surface area contributed by atoms with Crippen LogP contribution in [0, 0.1) is 12.8 Å². The summed E-state index contributed by atoms with van der Waals surface area (Å²) in [6, 6.07) is 7.39. The maximum atomic E-state index is 12.8. The van der Waals surface area contributed by atoms with Crippen LogP contribution in [0.2, 0.25) is 0 Å². The Kier molecular flexibility index (Phi) is 4.79. The molecule has 3 rings (SSSR count). The molecule has 2 atom stereocenters. The van der Waals surface area contributed by atoms with Crippen LogP contribution in [-0.4, -0.2) is 34.8 Å². The standard InChI is InChI=1S/C19H25N3O3/c1-13-6-5-8-15(10-13)11-20-16(23)12-22-17(24)19(21-18(22)25)9-4-3-7-14(19)2/h5-6,8,10,14H,3-4,7,9,11-12H2,1-2H3,(H,20,23)(H,21,25). The zero-order chi connectivity index (χ0) is 18.0. The maximum absolute atomic E-state index is 12.8. The molecule has 6 heteroatoms. The predicted octanol–water partition coefficient (Wildman–Crippen LogP) is 2.11. The molecule has 2 aliphatic rings. The third kappa shape index (κ3) is 3.38. The highest BCUT2D eigenvalue weighted by Crippen LogP contribution is 2.38. The lowest BCUT2D eigenvalue weighted by Gasteiger charge is -2.36. The van der Waals surface area contributed by atoms with E-state index >= 15 is 0 Å². The number of aryl methyl sites for hydroxylation is 1. The van der Waals surface area contributed by atoms with E-state index in [2.05, 4.69) is 10.6 Å².